The molecule has 3 N–H and O–H groups in total. The molecule has 4 atom stereocenters. The fourth-order valence-corrected chi connectivity index (χ4v) is 5.62. The highest BCUT2D eigenvalue weighted by atomic mass is 127. The first-order valence-electron chi connectivity index (χ1n) is 11.4. The number of methoxy groups -OCH3 is 1. The van der Waals surface area contributed by atoms with Crippen molar-refractivity contribution in [3.05, 3.63) is 30.6 Å². The van der Waals surface area contributed by atoms with Gasteiger partial charge in [0.05, 0.1) is 33.4 Å². The van der Waals surface area contributed by atoms with Gasteiger partial charge in [0.15, 0.2) is 10.8 Å². The van der Waals surface area contributed by atoms with E-state index >= 15 is 0 Å². The third-order valence-corrected chi connectivity index (χ3v) is 9.19. The van der Waals surface area contributed by atoms with Crippen LogP contribution in [0, 0.1) is 10.5 Å². The van der Waals surface area contributed by atoms with E-state index in [4.69, 9.17) is 21.1 Å². The van der Waals surface area contributed by atoms with Crippen molar-refractivity contribution >= 4 is 68.4 Å². The monoisotopic (exact) mass is 653 g/mol. The van der Waals surface area contributed by atoms with Gasteiger partial charge < -0.3 is 30.0 Å². The third-order valence-electron chi connectivity index (χ3n) is 6.05. The first-order chi connectivity index (χ1) is 17.1. The van der Waals surface area contributed by atoms with Gasteiger partial charge in [-0.3, -0.25) is 9.59 Å². The number of nitrogens with one attached hydrogen (secondary N) is 3. The summed E-state index contributed by atoms with van der Waals surface area (Å²) in [6.45, 7) is 4.51. The maximum Gasteiger partial charge on any atom is 0.350 e. The Bertz CT molecular complexity index is 1180. The van der Waals surface area contributed by atoms with E-state index in [9.17, 15) is 18.8 Å². The molecule has 1 aliphatic carbocycles. The molecule has 2 aromatic rings. The number of aromatic nitrogens is 2. The Kier molecular flexibility index (Phi) is 8.42. The van der Waals surface area contributed by atoms with Crippen LogP contribution in [0.25, 0.3) is 0 Å². The number of piperidine rings is 1. The van der Waals surface area contributed by atoms with Crippen LogP contribution in [0.15, 0.2) is 0 Å². The molecule has 2 aromatic heterocycles. The quantitative estimate of drug-likeness (QED) is 0.296. The Morgan fingerprint density at radius 3 is 2.58 bits per heavy atom. The van der Waals surface area contributed by atoms with E-state index < -0.39 is 24.1 Å². The topological polar surface area (TPSA) is 126 Å². The van der Waals surface area contributed by atoms with Gasteiger partial charge in [0, 0.05) is 32.3 Å². The summed E-state index contributed by atoms with van der Waals surface area (Å²) in [4.78, 5) is 47.4. The Morgan fingerprint density at radius 2 is 2.00 bits per heavy atom. The molecular weight excluding hydrogens is 628 g/mol. The van der Waals surface area contributed by atoms with Crippen LogP contribution < -0.4 is 15.5 Å². The maximum absolute atomic E-state index is 13.3. The SMILES string of the molecule is CCOC(=O)c1sc(N2CCC(NC(=O)c3[nH]c(C)c(I)c3Cl)C(OC)C2)nc1C(=O)N[C@@H]1C[C@@H]1F. The number of halogens is 3. The Labute approximate surface area is 229 Å². The number of thiazole rings is 1. The van der Waals surface area contributed by atoms with Crippen molar-refractivity contribution in [2.75, 3.05) is 31.7 Å². The van der Waals surface area contributed by atoms with Gasteiger partial charge in [-0.2, -0.15) is 0 Å². The molecule has 2 aliphatic rings. The third kappa shape index (κ3) is 5.63. The van der Waals surface area contributed by atoms with Crippen molar-refractivity contribution in [1.29, 1.82) is 0 Å². The van der Waals surface area contributed by atoms with Crippen LogP contribution >= 0.6 is 45.5 Å². The van der Waals surface area contributed by atoms with Crippen molar-refractivity contribution in [3.63, 3.8) is 0 Å². The number of aryl methyl sites for hydroxylation is 1. The number of anilines is 1. The predicted molar refractivity (Wildman–Crippen MR) is 141 cm³/mol. The van der Waals surface area contributed by atoms with Crippen LogP contribution in [-0.2, 0) is 9.47 Å². The number of nitrogens with zero attached hydrogens (tertiary/aromatic N) is 2. The highest BCUT2D eigenvalue weighted by Crippen LogP contribution is 2.32. The number of amides is 2. The molecule has 2 amide bonds. The molecule has 2 unspecified atom stereocenters. The number of carbonyl (C=O) groups is 3. The lowest BCUT2D eigenvalue weighted by Gasteiger charge is -2.37. The van der Waals surface area contributed by atoms with Gasteiger partial charge in [0.1, 0.15) is 16.7 Å². The predicted octanol–water partition coefficient (Wildman–Crippen LogP) is 3.08. The average Bonchev–Trinajstić information content (AvgIpc) is 3.26. The second kappa shape index (κ2) is 11.2. The minimum atomic E-state index is -1.08. The Balaban J connectivity index is 1.49. The van der Waals surface area contributed by atoms with E-state index in [1.54, 1.807) is 14.0 Å². The van der Waals surface area contributed by atoms with E-state index in [1.165, 1.54) is 0 Å². The fraction of sp³-hybridized carbons (Fsp3) is 0.545. The lowest BCUT2D eigenvalue weighted by Crippen LogP contribution is -2.55. The second-order valence-corrected chi connectivity index (χ2v) is 11.0. The summed E-state index contributed by atoms with van der Waals surface area (Å²) in [6, 6.07) is -0.852. The summed E-state index contributed by atoms with van der Waals surface area (Å²) in [5.74, 6) is -1.59. The molecule has 0 bridgehead atoms. The number of aromatic amines is 1. The molecule has 0 radical (unpaired) electrons. The average molecular weight is 654 g/mol. The lowest BCUT2D eigenvalue weighted by molar-refractivity contribution is 0.0527. The van der Waals surface area contributed by atoms with Crippen LogP contribution in [-0.4, -0.2) is 78.9 Å². The van der Waals surface area contributed by atoms with Gasteiger partial charge in [-0.15, -0.1) is 0 Å². The van der Waals surface area contributed by atoms with E-state index in [1.807, 2.05) is 11.8 Å². The van der Waals surface area contributed by atoms with Gasteiger partial charge in [-0.1, -0.05) is 22.9 Å². The Morgan fingerprint density at radius 1 is 1.31 bits per heavy atom. The van der Waals surface area contributed by atoms with Crippen LogP contribution in [0.5, 0.6) is 0 Å². The number of ether oxygens (including phenoxy) is 2. The molecule has 3 heterocycles. The lowest BCUT2D eigenvalue weighted by atomic mass is 10.0. The molecule has 14 heteroatoms. The van der Waals surface area contributed by atoms with Crippen LogP contribution in [0.4, 0.5) is 9.52 Å². The minimum absolute atomic E-state index is 0.0659. The van der Waals surface area contributed by atoms with Crippen molar-refractivity contribution < 1.29 is 28.2 Å². The van der Waals surface area contributed by atoms with Crippen LogP contribution in [0.2, 0.25) is 5.02 Å². The van der Waals surface area contributed by atoms with Crippen LogP contribution in [0.3, 0.4) is 0 Å². The van der Waals surface area contributed by atoms with Gasteiger partial charge in [-0.25, -0.2) is 14.2 Å². The van der Waals surface area contributed by atoms with Gasteiger partial charge in [0.2, 0.25) is 0 Å². The molecule has 10 nitrogen and oxygen atoms in total. The number of carbonyl (C=O) groups excluding carboxylic acids is 3. The van der Waals surface area contributed by atoms with Crippen molar-refractivity contribution in [2.45, 2.75) is 51.0 Å². The number of esters is 1. The molecule has 4 rings (SSSR count). The van der Waals surface area contributed by atoms with E-state index in [-0.39, 0.29) is 41.7 Å². The van der Waals surface area contributed by atoms with E-state index in [0.29, 0.717) is 35.4 Å². The molecule has 2 fully saturated rings. The molecule has 0 aromatic carbocycles. The molecule has 1 saturated heterocycles. The fourth-order valence-electron chi connectivity index (χ4n) is 3.95. The summed E-state index contributed by atoms with van der Waals surface area (Å²) < 4.78 is 24.9. The molecule has 0 spiro atoms. The maximum atomic E-state index is 13.3. The number of hydrogen-bond donors (Lipinski definition) is 3. The van der Waals surface area contributed by atoms with Gasteiger partial charge >= 0.3 is 5.97 Å². The van der Waals surface area contributed by atoms with E-state index in [2.05, 4.69) is 43.2 Å². The van der Waals surface area contributed by atoms with Gasteiger partial charge in [-0.05, 0) is 42.9 Å². The summed E-state index contributed by atoms with van der Waals surface area (Å²) in [6.07, 6.45) is -0.690. The normalized spacial score (nSPS) is 23.3. The number of alkyl halides is 1. The smallest absolute Gasteiger partial charge is 0.350 e. The molecular formula is C22H26ClFIN5O5S. The summed E-state index contributed by atoms with van der Waals surface area (Å²) in [7, 11) is 1.55. The standard InChI is InChI=1S/C22H26ClFIN5O5S/c1-4-35-21(33)18-17(20(32)28-12-7-10(12)24)29-22(36-18)30-6-5-11(13(8-30)34-3)27-19(31)16-14(23)15(25)9(2)26-16/h10-13,26H,4-8H2,1-3H3,(H,27,31)(H,28,32)/t10-,11?,12+,13?/m0/s1. The molecule has 36 heavy (non-hydrogen) atoms. The molecule has 1 aliphatic heterocycles. The zero-order valence-corrected chi connectivity index (χ0v) is 23.6. The van der Waals surface area contributed by atoms with Crippen molar-refractivity contribution in [2.24, 2.45) is 0 Å². The summed E-state index contributed by atoms with van der Waals surface area (Å²) >= 11 is 9.42. The first kappa shape index (κ1) is 27.1. The Hall–Kier alpha value is -1.97. The molecule has 196 valence electrons. The summed E-state index contributed by atoms with van der Waals surface area (Å²) in [5.41, 5.74) is 1.04. The number of hydrogen-bond acceptors (Lipinski definition) is 8. The second-order valence-electron chi connectivity index (χ2n) is 8.57. The van der Waals surface area contributed by atoms with Crippen LogP contribution in [0.1, 0.15) is 56.1 Å². The number of H-pyrrole nitrogens is 1. The molecule has 1 saturated carbocycles. The van der Waals surface area contributed by atoms with Crippen molar-refractivity contribution in [3.8, 4) is 0 Å². The zero-order chi connectivity index (χ0) is 26.1. The largest absolute Gasteiger partial charge is 0.462 e. The highest BCUT2D eigenvalue weighted by Gasteiger charge is 2.40. The zero-order valence-electron chi connectivity index (χ0n) is 19.8. The van der Waals surface area contributed by atoms with Crippen molar-refractivity contribution in [1.82, 2.24) is 20.6 Å². The summed E-state index contributed by atoms with van der Waals surface area (Å²) in [5, 5.41) is 6.38. The van der Waals surface area contributed by atoms with Gasteiger partial charge in [0.25, 0.3) is 11.8 Å². The minimum Gasteiger partial charge on any atom is -0.462 e. The number of rotatable bonds is 8. The highest BCUT2D eigenvalue weighted by molar-refractivity contribution is 14.1. The first-order valence-corrected chi connectivity index (χ1v) is 13.7. The van der Waals surface area contributed by atoms with E-state index in [0.717, 1.165) is 20.6 Å².